The minimum Gasteiger partial charge on any atom is -0.493 e. The van der Waals surface area contributed by atoms with Crippen LogP contribution in [0.5, 0.6) is 11.5 Å². The van der Waals surface area contributed by atoms with Crippen LogP contribution in [0.2, 0.25) is 0 Å². The molecule has 1 fully saturated rings. The van der Waals surface area contributed by atoms with Crippen molar-refractivity contribution in [3.63, 3.8) is 0 Å². The van der Waals surface area contributed by atoms with Crippen molar-refractivity contribution >= 4 is 29.0 Å². The molecule has 0 aliphatic carbocycles. The Bertz CT molecular complexity index is 1210. The third-order valence-corrected chi connectivity index (χ3v) is 6.24. The van der Waals surface area contributed by atoms with Gasteiger partial charge in [0.05, 0.1) is 12.0 Å². The molecule has 7 heteroatoms. The molecule has 1 aliphatic rings. The summed E-state index contributed by atoms with van der Waals surface area (Å²) in [5.74, 6) is 0.371. The minimum absolute atomic E-state index is 0.190. The van der Waals surface area contributed by atoms with Crippen molar-refractivity contribution in [2.24, 2.45) is 0 Å². The molecule has 34 heavy (non-hydrogen) atoms. The maximum Gasteiger partial charge on any atom is 0.293 e. The van der Waals surface area contributed by atoms with E-state index in [0.29, 0.717) is 40.5 Å². The zero-order valence-corrected chi connectivity index (χ0v) is 19.5. The van der Waals surface area contributed by atoms with E-state index in [1.807, 2.05) is 30.3 Å². The van der Waals surface area contributed by atoms with Crippen LogP contribution in [0, 0.1) is 5.82 Å². The Kier molecular flexibility index (Phi) is 7.65. The Labute approximate surface area is 202 Å². The molecule has 0 unspecified atom stereocenters. The van der Waals surface area contributed by atoms with Crippen molar-refractivity contribution in [3.05, 3.63) is 100 Å². The van der Waals surface area contributed by atoms with Gasteiger partial charge in [-0.25, -0.2) is 4.39 Å². The fourth-order valence-electron chi connectivity index (χ4n) is 3.61. The molecule has 0 radical (unpaired) electrons. The highest BCUT2D eigenvalue weighted by atomic mass is 32.2. The van der Waals surface area contributed by atoms with Gasteiger partial charge in [-0.1, -0.05) is 48.5 Å². The molecule has 0 N–H and O–H groups in total. The average molecular weight is 478 g/mol. The fraction of sp³-hybridized carbons (Fsp3) is 0.185. The normalized spacial score (nSPS) is 14.6. The largest absolute Gasteiger partial charge is 0.493 e. The maximum atomic E-state index is 13.4. The summed E-state index contributed by atoms with van der Waals surface area (Å²) < 4.78 is 24.6. The number of carbonyl (C=O) groups is 2. The number of halogens is 1. The Hall–Kier alpha value is -3.58. The van der Waals surface area contributed by atoms with Crippen LogP contribution < -0.4 is 9.47 Å². The molecular weight excluding hydrogens is 453 g/mol. The van der Waals surface area contributed by atoms with E-state index < -0.39 is 0 Å². The van der Waals surface area contributed by atoms with Crippen LogP contribution in [0.4, 0.5) is 9.18 Å². The molecule has 0 atom stereocenters. The van der Waals surface area contributed by atoms with E-state index in [0.717, 1.165) is 18.2 Å². The van der Waals surface area contributed by atoms with Gasteiger partial charge in [0, 0.05) is 6.54 Å². The van der Waals surface area contributed by atoms with Gasteiger partial charge in [-0.15, -0.1) is 0 Å². The van der Waals surface area contributed by atoms with Crippen molar-refractivity contribution in [3.8, 4) is 11.5 Å². The molecule has 1 aliphatic heterocycles. The lowest BCUT2D eigenvalue weighted by molar-refractivity contribution is -0.122. The number of imide groups is 1. The van der Waals surface area contributed by atoms with Crippen LogP contribution in [0.1, 0.15) is 23.1 Å². The van der Waals surface area contributed by atoms with Gasteiger partial charge in [-0.2, -0.15) is 0 Å². The highest BCUT2D eigenvalue weighted by Crippen LogP contribution is 2.35. The quantitative estimate of drug-likeness (QED) is 0.350. The first-order chi connectivity index (χ1) is 16.5. The van der Waals surface area contributed by atoms with Gasteiger partial charge in [-0.3, -0.25) is 14.5 Å². The van der Waals surface area contributed by atoms with Crippen molar-refractivity contribution in [1.82, 2.24) is 4.90 Å². The van der Waals surface area contributed by atoms with Gasteiger partial charge < -0.3 is 9.47 Å². The predicted octanol–water partition coefficient (Wildman–Crippen LogP) is 6.08. The molecule has 5 nitrogen and oxygen atoms in total. The first-order valence-corrected chi connectivity index (χ1v) is 11.7. The molecule has 0 saturated carbocycles. The van der Waals surface area contributed by atoms with E-state index in [4.69, 9.17) is 9.47 Å². The lowest BCUT2D eigenvalue weighted by Gasteiger charge is -2.12. The number of hydrogen-bond donors (Lipinski definition) is 0. The lowest BCUT2D eigenvalue weighted by atomic mass is 10.1. The van der Waals surface area contributed by atoms with Crippen molar-refractivity contribution in [2.75, 3.05) is 13.7 Å². The summed E-state index contributed by atoms with van der Waals surface area (Å²) in [5.41, 5.74) is 2.59. The van der Waals surface area contributed by atoms with Gasteiger partial charge in [0.25, 0.3) is 11.1 Å². The van der Waals surface area contributed by atoms with E-state index in [9.17, 15) is 14.0 Å². The fourth-order valence-corrected chi connectivity index (χ4v) is 4.48. The number of nitrogens with zero attached hydrogens (tertiary/aromatic N) is 1. The summed E-state index contributed by atoms with van der Waals surface area (Å²) in [4.78, 5) is 26.9. The third-order valence-electron chi connectivity index (χ3n) is 5.33. The zero-order valence-electron chi connectivity index (χ0n) is 18.7. The first kappa shape index (κ1) is 23.6. The minimum atomic E-state index is -0.322. The number of amides is 2. The molecule has 1 saturated heterocycles. The topological polar surface area (TPSA) is 55.8 Å². The van der Waals surface area contributed by atoms with E-state index >= 15 is 0 Å². The maximum absolute atomic E-state index is 13.4. The number of aryl methyl sites for hydroxylation is 1. The van der Waals surface area contributed by atoms with Gasteiger partial charge in [0.2, 0.25) is 0 Å². The van der Waals surface area contributed by atoms with Crippen molar-refractivity contribution in [2.45, 2.75) is 19.4 Å². The molecule has 0 spiro atoms. The molecule has 0 aromatic heterocycles. The first-order valence-electron chi connectivity index (χ1n) is 10.9. The highest BCUT2D eigenvalue weighted by molar-refractivity contribution is 8.18. The summed E-state index contributed by atoms with van der Waals surface area (Å²) >= 11 is 0.940. The Morgan fingerprint density at radius 2 is 1.74 bits per heavy atom. The molecule has 3 aromatic carbocycles. The van der Waals surface area contributed by atoms with Crippen LogP contribution in [0.25, 0.3) is 6.08 Å². The van der Waals surface area contributed by atoms with Gasteiger partial charge in [-0.05, 0) is 71.6 Å². The average Bonchev–Trinajstić information content (AvgIpc) is 3.11. The van der Waals surface area contributed by atoms with Gasteiger partial charge >= 0.3 is 0 Å². The molecule has 2 amide bonds. The van der Waals surface area contributed by atoms with Crippen LogP contribution in [0.15, 0.2) is 77.7 Å². The second-order valence-electron chi connectivity index (χ2n) is 7.75. The predicted molar refractivity (Wildman–Crippen MR) is 131 cm³/mol. The second-order valence-corrected chi connectivity index (χ2v) is 8.74. The summed E-state index contributed by atoms with van der Waals surface area (Å²) in [6.07, 6.45) is 3.19. The summed E-state index contributed by atoms with van der Waals surface area (Å²) in [6.45, 7) is 0.572. The van der Waals surface area contributed by atoms with E-state index in [-0.39, 0.29) is 23.6 Å². The van der Waals surface area contributed by atoms with Gasteiger partial charge in [0.1, 0.15) is 12.4 Å². The monoisotopic (exact) mass is 477 g/mol. The molecule has 0 bridgehead atoms. The number of thioether (sulfide) groups is 1. The SMILES string of the molecule is COc1cc(/C=C2/SC(=O)N(CCCc3ccccc3)C2=O)ccc1OCc1cccc(F)c1. The van der Waals surface area contributed by atoms with Crippen molar-refractivity contribution in [1.29, 1.82) is 0 Å². The second kappa shape index (κ2) is 11.0. The summed E-state index contributed by atoms with van der Waals surface area (Å²) in [6, 6.07) is 21.4. The van der Waals surface area contributed by atoms with Gasteiger partial charge in [0.15, 0.2) is 11.5 Å². The van der Waals surface area contributed by atoms with Crippen molar-refractivity contribution < 1.29 is 23.5 Å². The molecular formula is C27H24FNO4S. The smallest absolute Gasteiger partial charge is 0.293 e. The zero-order chi connectivity index (χ0) is 23.9. The Morgan fingerprint density at radius 3 is 2.50 bits per heavy atom. The van der Waals surface area contributed by atoms with Crippen LogP contribution in [-0.2, 0) is 17.8 Å². The number of hydrogen-bond acceptors (Lipinski definition) is 5. The number of ether oxygens (including phenoxy) is 2. The van der Waals surface area contributed by atoms with Crippen LogP contribution in [-0.4, -0.2) is 29.7 Å². The number of methoxy groups -OCH3 is 1. The Balaban J connectivity index is 1.40. The molecule has 1 heterocycles. The summed E-state index contributed by atoms with van der Waals surface area (Å²) in [7, 11) is 1.52. The van der Waals surface area contributed by atoms with Crippen LogP contribution in [0.3, 0.4) is 0 Å². The van der Waals surface area contributed by atoms with E-state index in [1.54, 1.807) is 36.4 Å². The Morgan fingerprint density at radius 1 is 0.941 bits per heavy atom. The number of rotatable bonds is 9. The van der Waals surface area contributed by atoms with E-state index in [2.05, 4.69) is 0 Å². The van der Waals surface area contributed by atoms with Crippen LogP contribution >= 0.6 is 11.8 Å². The summed E-state index contributed by atoms with van der Waals surface area (Å²) in [5, 5.41) is -0.258. The lowest BCUT2D eigenvalue weighted by Crippen LogP contribution is -2.29. The molecule has 4 rings (SSSR count). The van der Waals surface area contributed by atoms with E-state index in [1.165, 1.54) is 29.7 Å². The molecule has 3 aromatic rings. The standard InChI is InChI=1S/C27H24FNO4S/c1-32-24-16-20(12-13-23(24)33-18-21-9-5-11-22(28)15-21)17-25-26(30)29(27(31)34-25)14-6-10-19-7-3-2-4-8-19/h2-5,7-9,11-13,15-17H,6,10,14,18H2,1H3/b25-17+. The number of carbonyl (C=O) groups excluding carboxylic acids is 2. The number of benzene rings is 3. The third kappa shape index (κ3) is 5.85. The highest BCUT2D eigenvalue weighted by Gasteiger charge is 2.34. The molecule has 174 valence electrons.